The minimum atomic E-state index is -0.309. The predicted octanol–water partition coefficient (Wildman–Crippen LogP) is 3.87. The van der Waals surface area contributed by atoms with E-state index in [0.29, 0.717) is 23.4 Å². The topological polar surface area (TPSA) is 58.2 Å². The second-order valence-corrected chi connectivity index (χ2v) is 5.53. The fourth-order valence-electron chi connectivity index (χ4n) is 2.47. The fourth-order valence-corrected chi connectivity index (χ4v) is 2.47. The van der Waals surface area contributed by atoms with Crippen LogP contribution in [-0.2, 0) is 6.54 Å². The zero-order chi connectivity index (χ0) is 17.5. The van der Waals surface area contributed by atoms with Gasteiger partial charge in [-0.3, -0.25) is 9.59 Å². The van der Waals surface area contributed by atoms with Gasteiger partial charge in [0.1, 0.15) is 0 Å². The summed E-state index contributed by atoms with van der Waals surface area (Å²) in [5.41, 5.74) is 2.39. The van der Waals surface area contributed by atoms with Gasteiger partial charge in [0.2, 0.25) is 0 Å². The van der Waals surface area contributed by atoms with Crippen molar-refractivity contribution in [2.45, 2.75) is 6.54 Å². The number of amides is 2. The second kappa shape index (κ2) is 7.93. The first-order valence-electron chi connectivity index (χ1n) is 8.01. The summed E-state index contributed by atoms with van der Waals surface area (Å²) in [6, 6.07) is 25.6. The van der Waals surface area contributed by atoms with Crippen molar-refractivity contribution in [3.63, 3.8) is 0 Å². The standard InChI is InChI=1S/C21H18N2O2/c24-20(22-15-16-9-3-1-4-10-16)18-13-7-8-14-19(18)21(25)23-17-11-5-2-6-12-17/h1-14H,15H2,(H,22,24)(H,23,25). The van der Waals surface area contributed by atoms with Crippen LogP contribution in [0, 0.1) is 0 Å². The van der Waals surface area contributed by atoms with E-state index < -0.39 is 0 Å². The van der Waals surface area contributed by atoms with E-state index in [0.717, 1.165) is 5.56 Å². The van der Waals surface area contributed by atoms with E-state index in [1.165, 1.54) is 0 Å². The Kier molecular flexibility index (Phi) is 5.22. The van der Waals surface area contributed by atoms with Gasteiger partial charge in [0.25, 0.3) is 11.8 Å². The molecule has 25 heavy (non-hydrogen) atoms. The monoisotopic (exact) mass is 330 g/mol. The summed E-state index contributed by atoms with van der Waals surface area (Å²) in [7, 11) is 0. The van der Waals surface area contributed by atoms with E-state index in [2.05, 4.69) is 10.6 Å². The summed E-state index contributed by atoms with van der Waals surface area (Å²) in [5, 5.41) is 5.66. The number of rotatable bonds is 5. The molecule has 0 aliphatic carbocycles. The average Bonchev–Trinajstić information content (AvgIpc) is 2.67. The van der Waals surface area contributed by atoms with Crippen LogP contribution in [0.2, 0.25) is 0 Å². The number of hydrogen-bond acceptors (Lipinski definition) is 2. The summed E-state index contributed by atoms with van der Waals surface area (Å²) in [4.78, 5) is 25.0. The summed E-state index contributed by atoms with van der Waals surface area (Å²) in [6.45, 7) is 0.411. The Hall–Kier alpha value is -3.40. The molecule has 0 aliphatic heterocycles. The minimum absolute atomic E-state index is 0.275. The van der Waals surface area contributed by atoms with Gasteiger partial charge in [-0.1, -0.05) is 60.7 Å². The van der Waals surface area contributed by atoms with Crippen LogP contribution in [0.3, 0.4) is 0 Å². The lowest BCUT2D eigenvalue weighted by molar-refractivity contribution is 0.0938. The maximum absolute atomic E-state index is 12.5. The quantitative estimate of drug-likeness (QED) is 0.746. The molecule has 4 heteroatoms. The maximum Gasteiger partial charge on any atom is 0.256 e. The van der Waals surface area contributed by atoms with Crippen molar-refractivity contribution >= 4 is 17.5 Å². The highest BCUT2D eigenvalue weighted by molar-refractivity contribution is 6.12. The minimum Gasteiger partial charge on any atom is -0.348 e. The molecule has 3 aromatic rings. The lowest BCUT2D eigenvalue weighted by Crippen LogP contribution is -2.26. The van der Waals surface area contributed by atoms with Gasteiger partial charge < -0.3 is 10.6 Å². The molecule has 0 atom stereocenters. The molecule has 0 fully saturated rings. The van der Waals surface area contributed by atoms with E-state index >= 15 is 0 Å². The summed E-state index contributed by atoms with van der Waals surface area (Å²) in [5.74, 6) is -0.584. The summed E-state index contributed by atoms with van der Waals surface area (Å²) in [6.07, 6.45) is 0. The first kappa shape index (κ1) is 16.5. The molecule has 4 nitrogen and oxygen atoms in total. The lowest BCUT2D eigenvalue weighted by atomic mass is 10.1. The van der Waals surface area contributed by atoms with E-state index in [4.69, 9.17) is 0 Å². The van der Waals surface area contributed by atoms with Crippen LogP contribution in [0.4, 0.5) is 5.69 Å². The van der Waals surface area contributed by atoms with E-state index in [1.54, 1.807) is 36.4 Å². The zero-order valence-electron chi connectivity index (χ0n) is 13.6. The molecule has 0 saturated carbocycles. The number of benzene rings is 3. The molecule has 3 rings (SSSR count). The van der Waals surface area contributed by atoms with E-state index in [1.807, 2.05) is 48.5 Å². The molecule has 0 bridgehead atoms. The second-order valence-electron chi connectivity index (χ2n) is 5.53. The van der Waals surface area contributed by atoms with Crippen molar-refractivity contribution < 1.29 is 9.59 Å². The van der Waals surface area contributed by atoms with Crippen LogP contribution < -0.4 is 10.6 Å². The van der Waals surface area contributed by atoms with Crippen molar-refractivity contribution in [2.24, 2.45) is 0 Å². The molecule has 3 aromatic carbocycles. The third-order valence-corrected chi connectivity index (χ3v) is 3.74. The van der Waals surface area contributed by atoms with Crippen LogP contribution in [0.25, 0.3) is 0 Å². The van der Waals surface area contributed by atoms with Crippen LogP contribution in [0.15, 0.2) is 84.9 Å². The summed E-state index contributed by atoms with van der Waals surface area (Å²) >= 11 is 0. The van der Waals surface area contributed by atoms with Crippen molar-refractivity contribution in [1.29, 1.82) is 0 Å². The van der Waals surface area contributed by atoms with Gasteiger partial charge in [0, 0.05) is 12.2 Å². The highest BCUT2D eigenvalue weighted by Crippen LogP contribution is 2.13. The molecular weight excluding hydrogens is 312 g/mol. The summed E-state index contributed by atoms with van der Waals surface area (Å²) < 4.78 is 0. The molecule has 0 aliphatic rings. The van der Waals surface area contributed by atoms with Gasteiger partial charge in [-0.25, -0.2) is 0 Å². The fraction of sp³-hybridized carbons (Fsp3) is 0.0476. The number of hydrogen-bond donors (Lipinski definition) is 2. The van der Waals surface area contributed by atoms with E-state index in [9.17, 15) is 9.59 Å². The van der Waals surface area contributed by atoms with Gasteiger partial charge in [-0.2, -0.15) is 0 Å². The van der Waals surface area contributed by atoms with Gasteiger partial charge in [-0.05, 0) is 29.8 Å². The molecule has 2 N–H and O–H groups in total. The molecule has 0 aromatic heterocycles. The Bertz CT molecular complexity index is 861. The Morgan fingerprint density at radius 3 is 1.80 bits per heavy atom. The third kappa shape index (κ3) is 4.32. The Morgan fingerprint density at radius 2 is 1.16 bits per heavy atom. The van der Waals surface area contributed by atoms with Crippen molar-refractivity contribution in [1.82, 2.24) is 5.32 Å². The van der Waals surface area contributed by atoms with Crippen molar-refractivity contribution in [3.8, 4) is 0 Å². The molecule has 0 unspecified atom stereocenters. The number of carbonyl (C=O) groups excluding carboxylic acids is 2. The number of carbonyl (C=O) groups is 2. The average molecular weight is 330 g/mol. The maximum atomic E-state index is 12.5. The van der Waals surface area contributed by atoms with Crippen LogP contribution >= 0.6 is 0 Å². The number of para-hydroxylation sites is 1. The molecule has 0 spiro atoms. The molecule has 124 valence electrons. The Labute approximate surface area is 146 Å². The lowest BCUT2D eigenvalue weighted by Gasteiger charge is -2.11. The highest BCUT2D eigenvalue weighted by atomic mass is 16.2. The smallest absolute Gasteiger partial charge is 0.256 e. The van der Waals surface area contributed by atoms with Gasteiger partial charge in [-0.15, -0.1) is 0 Å². The third-order valence-electron chi connectivity index (χ3n) is 3.74. The first-order chi connectivity index (χ1) is 12.2. The van der Waals surface area contributed by atoms with Gasteiger partial charge in [0.15, 0.2) is 0 Å². The molecular formula is C21H18N2O2. The SMILES string of the molecule is O=C(NCc1ccccc1)c1ccccc1C(=O)Nc1ccccc1. The zero-order valence-corrected chi connectivity index (χ0v) is 13.6. The number of anilines is 1. The molecule has 0 heterocycles. The molecule has 0 radical (unpaired) electrons. The van der Waals surface area contributed by atoms with Crippen molar-refractivity contribution in [3.05, 3.63) is 102 Å². The van der Waals surface area contributed by atoms with Gasteiger partial charge >= 0.3 is 0 Å². The Balaban J connectivity index is 1.73. The van der Waals surface area contributed by atoms with Crippen LogP contribution in [-0.4, -0.2) is 11.8 Å². The van der Waals surface area contributed by atoms with Crippen LogP contribution in [0.1, 0.15) is 26.3 Å². The van der Waals surface area contributed by atoms with Crippen LogP contribution in [0.5, 0.6) is 0 Å². The predicted molar refractivity (Wildman–Crippen MR) is 98.4 cm³/mol. The van der Waals surface area contributed by atoms with E-state index in [-0.39, 0.29) is 11.8 Å². The normalized spacial score (nSPS) is 10.1. The van der Waals surface area contributed by atoms with Crippen molar-refractivity contribution in [2.75, 3.05) is 5.32 Å². The first-order valence-corrected chi connectivity index (χ1v) is 8.01. The van der Waals surface area contributed by atoms with Gasteiger partial charge in [0.05, 0.1) is 11.1 Å². The molecule has 0 saturated heterocycles. The number of nitrogens with one attached hydrogen (secondary N) is 2. The molecule has 2 amide bonds. The largest absolute Gasteiger partial charge is 0.348 e. The Morgan fingerprint density at radius 1 is 0.640 bits per heavy atom. The highest BCUT2D eigenvalue weighted by Gasteiger charge is 2.16.